The number of halogens is 1. The van der Waals surface area contributed by atoms with Gasteiger partial charge in [-0.25, -0.2) is 4.79 Å². The molecule has 0 amide bonds. The summed E-state index contributed by atoms with van der Waals surface area (Å²) in [4.78, 5) is 27.3. The van der Waals surface area contributed by atoms with Crippen molar-refractivity contribution in [3.8, 4) is 5.75 Å². The zero-order valence-electron chi connectivity index (χ0n) is 14.6. The Morgan fingerprint density at radius 3 is 2.22 bits per heavy atom. The Hall–Kier alpha value is -3.18. The summed E-state index contributed by atoms with van der Waals surface area (Å²) in [6, 6.07) is 16.4. The summed E-state index contributed by atoms with van der Waals surface area (Å²) >= 11 is 5.87. The number of hydrogen-bond donors (Lipinski definition) is 0. The van der Waals surface area contributed by atoms with Gasteiger partial charge in [-0.3, -0.25) is 4.79 Å². The van der Waals surface area contributed by atoms with Gasteiger partial charge in [0.25, 0.3) is 0 Å². The molecule has 0 N–H and O–H groups in total. The minimum atomic E-state index is -0.474. The molecule has 2 aromatic carbocycles. The molecule has 0 bridgehead atoms. The van der Waals surface area contributed by atoms with Gasteiger partial charge >= 0.3 is 5.69 Å². The van der Waals surface area contributed by atoms with Crippen LogP contribution < -0.4 is 10.4 Å². The fraction of sp³-hybridized carbons (Fsp3) is 0.0952. The number of hydrogen-bond acceptors (Lipinski definition) is 4. The normalized spacial score (nSPS) is 10.9. The van der Waals surface area contributed by atoms with Gasteiger partial charge < -0.3 is 9.30 Å². The number of nitrogens with zero attached hydrogens (tertiary/aromatic N) is 2. The van der Waals surface area contributed by atoms with Gasteiger partial charge in [-0.2, -0.15) is 4.98 Å². The number of carbonyl (C=O) groups is 1. The van der Waals surface area contributed by atoms with Crippen molar-refractivity contribution < 1.29 is 9.53 Å². The lowest BCUT2D eigenvalue weighted by Gasteiger charge is -2.06. The van der Waals surface area contributed by atoms with Crippen molar-refractivity contribution in [1.82, 2.24) is 9.55 Å². The lowest BCUT2D eigenvalue weighted by atomic mass is 10.1. The van der Waals surface area contributed by atoms with Crippen LogP contribution in [-0.4, -0.2) is 21.9 Å². The zero-order chi connectivity index (χ0) is 19.2. The molecule has 3 aromatic rings. The van der Waals surface area contributed by atoms with Gasteiger partial charge in [0.2, 0.25) is 5.78 Å². The summed E-state index contributed by atoms with van der Waals surface area (Å²) in [5.41, 5.74) is 1.67. The van der Waals surface area contributed by atoms with Crippen molar-refractivity contribution in [3.05, 3.63) is 93.1 Å². The minimum Gasteiger partial charge on any atom is -0.485 e. The first-order valence-electron chi connectivity index (χ1n) is 8.25. The van der Waals surface area contributed by atoms with Gasteiger partial charge in [-0.05, 0) is 41.5 Å². The van der Waals surface area contributed by atoms with Crippen LogP contribution in [0.2, 0.25) is 5.02 Å². The predicted molar refractivity (Wildman–Crippen MR) is 106 cm³/mol. The molecule has 5 nitrogen and oxygen atoms in total. The Morgan fingerprint density at radius 1 is 1.04 bits per heavy atom. The third kappa shape index (κ3) is 5.15. The summed E-state index contributed by atoms with van der Waals surface area (Å²) in [5.74, 6) is 0.218. The molecule has 3 rings (SSSR count). The Balaban J connectivity index is 1.58. The average molecular weight is 381 g/mol. The lowest BCUT2D eigenvalue weighted by molar-refractivity contribution is 0.0916. The number of ether oxygens (including phenoxy) is 1. The standard InChI is InChI=1S/C21H17ClN2O3/c1-24-13-12-19(23-21(24)26)20(25)14-27-18-10-6-16(7-11-18)3-2-15-4-8-17(22)9-5-15/h2-13H,14H2,1H3/b3-2+. The topological polar surface area (TPSA) is 61.2 Å². The second-order valence-corrected chi connectivity index (χ2v) is 6.31. The second kappa shape index (κ2) is 8.47. The highest BCUT2D eigenvalue weighted by molar-refractivity contribution is 6.30. The van der Waals surface area contributed by atoms with Gasteiger partial charge in [0.1, 0.15) is 11.4 Å². The first-order chi connectivity index (χ1) is 13.0. The lowest BCUT2D eigenvalue weighted by Crippen LogP contribution is -2.24. The fourth-order valence-electron chi connectivity index (χ4n) is 2.28. The van der Waals surface area contributed by atoms with Crippen molar-refractivity contribution in [1.29, 1.82) is 0 Å². The highest BCUT2D eigenvalue weighted by atomic mass is 35.5. The number of carbonyl (C=O) groups excluding carboxylic acids is 1. The molecule has 0 unspecified atom stereocenters. The summed E-state index contributed by atoms with van der Waals surface area (Å²) < 4.78 is 6.79. The smallest absolute Gasteiger partial charge is 0.347 e. The maximum Gasteiger partial charge on any atom is 0.347 e. The number of rotatable bonds is 6. The van der Waals surface area contributed by atoms with E-state index in [1.807, 2.05) is 48.6 Å². The molecule has 6 heteroatoms. The monoisotopic (exact) mass is 380 g/mol. The van der Waals surface area contributed by atoms with E-state index in [1.165, 1.54) is 16.8 Å². The molecule has 0 aliphatic rings. The molecule has 0 radical (unpaired) electrons. The Morgan fingerprint density at radius 2 is 1.63 bits per heavy atom. The van der Waals surface area contributed by atoms with Crippen molar-refractivity contribution >= 4 is 29.5 Å². The summed E-state index contributed by atoms with van der Waals surface area (Å²) in [7, 11) is 1.57. The quantitative estimate of drug-likeness (QED) is 0.481. The van der Waals surface area contributed by atoms with E-state index in [9.17, 15) is 9.59 Å². The van der Waals surface area contributed by atoms with E-state index >= 15 is 0 Å². The highest BCUT2D eigenvalue weighted by Crippen LogP contribution is 2.16. The highest BCUT2D eigenvalue weighted by Gasteiger charge is 2.09. The Bertz CT molecular complexity index is 1020. The summed E-state index contributed by atoms with van der Waals surface area (Å²) in [5, 5.41) is 0.703. The SMILES string of the molecule is Cn1ccc(C(=O)COc2ccc(/C=C/c3ccc(Cl)cc3)cc2)nc1=O. The number of Topliss-reactive ketones (excluding diaryl/α,β-unsaturated/α-hetero) is 1. The maximum atomic E-state index is 12.1. The third-order valence-corrected chi connectivity index (χ3v) is 4.10. The largest absolute Gasteiger partial charge is 0.485 e. The number of benzene rings is 2. The molecule has 0 spiro atoms. The van der Waals surface area contributed by atoms with Gasteiger partial charge in [-0.15, -0.1) is 0 Å². The Kier molecular flexibility index (Phi) is 5.84. The minimum absolute atomic E-state index is 0.0978. The van der Waals surface area contributed by atoms with Gasteiger partial charge in [0, 0.05) is 18.3 Å². The predicted octanol–water partition coefficient (Wildman–Crippen LogP) is 3.87. The van der Waals surface area contributed by atoms with E-state index in [0.29, 0.717) is 10.8 Å². The van der Waals surface area contributed by atoms with Crippen LogP contribution in [0.3, 0.4) is 0 Å². The molecular weight excluding hydrogens is 364 g/mol. The summed E-state index contributed by atoms with van der Waals surface area (Å²) in [6.07, 6.45) is 5.46. The molecule has 0 aliphatic heterocycles. The molecule has 136 valence electrons. The molecule has 27 heavy (non-hydrogen) atoms. The maximum absolute atomic E-state index is 12.1. The molecule has 0 atom stereocenters. The number of ketones is 1. The van der Waals surface area contributed by atoms with Crippen LogP contribution in [0.25, 0.3) is 12.2 Å². The van der Waals surface area contributed by atoms with Gasteiger partial charge in [0.15, 0.2) is 6.61 Å². The Labute approximate surface area is 161 Å². The molecule has 0 fully saturated rings. The van der Waals surface area contributed by atoms with E-state index < -0.39 is 5.69 Å². The first kappa shape index (κ1) is 18.6. The van der Waals surface area contributed by atoms with Crippen LogP contribution in [0.1, 0.15) is 21.6 Å². The molecular formula is C21H17ClN2O3. The van der Waals surface area contributed by atoms with Gasteiger partial charge in [-0.1, -0.05) is 48.0 Å². The van der Waals surface area contributed by atoms with Crippen LogP contribution in [0.4, 0.5) is 0 Å². The second-order valence-electron chi connectivity index (χ2n) is 5.87. The van der Waals surface area contributed by atoms with Crippen LogP contribution >= 0.6 is 11.6 Å². The van der Waals surface area contributed by atoms with E-state index in [-0.39, 0.29) is 18.1 Å². The van der Waals surface area contributed by atoms with Crippen molar-refractivity contribution in [2.24, 2.45) is 7.05 Å². The fourth-order valence-corrected chi connectivity index (χ4v) is 2.41. The van der Waals surface area contributed by atoms with Crippen LogP contribution in [0.15, 0.2) is 65.6 Å². The van der Waals surface area contributed by atoms with E-state index in [0.717, 1.165) is 11.1 Å². The van der Waals surface area contributed by atoms with Crippen molar-refractivity contribution in [3.63, 3.8) is 0 Å². The third-order valence-electron chi connectivity index (χ3n) is 3.85. The first-order valence-corrected chi connectivity index (χ1v) is 8.62. The molecule has 1 heterocycles. The average Bonchev–Trinajstić information content (AvgIpc) is 2.68. The number of aryl methyl sites for hydroxylation is 1. The van der Waals surface area contributed by atoms with Gasteiger partial charge in [0.05, 0.1) is 0 Å². The van der Waals surface area contributed by atoms with E-state index in [2.05, 4.69) is 4.98 Å². The number of aromatic nitrogens is 2. The molecule has 0 aliphatic carbocycles. The molecule has 0 saturated carbocycles. The van der Waals surface area contributed by atoms with Crippen LogP contribution in [0, 0.1) is 0 Å². The van der Waals surface area contributed by atoms with Crippen LogP contribution in [0.5, 0.6) is 5.75 Å². The summed E-state index contributed by atoms with van der Waals surface area (Å²) in [6.45, 7) is -0.180. The van der Waals surface area contributed by atoms with Crippen molar-refractivity contribution in [2.45, 2.75) is 0 Å². The van der Waals surface area contributed by atoms with Crippen molar-refractivity contribution in [2.75, 3.05) is 6.61 Å². The van der Waals surface area contributed by atoms with E-state index in [4.69, 9.17) is 16.3 Å². The molecule has 0 saturated heterocycles. The van der Waals surface area contributed by atoms with Crippen LogP contribution in [-0.2, 0) is 7.05 Å². The molecule has 1 aromatic heterocycles. The zero-order valence-corrected chi connectivity index (χ0v) is 15.4. The van der Waals surface area contributed by atoms with E-state index in [1.54, 1.807) is 19.2 Å².